The van der Waals surface area contributed by atoms with Crippen molar-refractivity contribution in [2.75, 3.05) is 0 Å². The zero-order valence-corrected chi connectivity index (χ0v) is 17.1. The molecule has 1 aliphatic carbocycles. The second kappa shape index (κ2) is 7.98. The van der Waals surface area contributed by atoms with E-state index in [0.717, 1.165) is 24.0 Å². The molecular weight excluding hydrogens is 406 g/mol. The number of nitrogens with zero attached hydrogens (tertiary/aromatic N) is 1. The van der Waals surface area contributed by atoms with Gasteiger partial charge in [-0.25, -0.2) is 4.79 Å². The van der Waals surface area contributed by atoms with Gasteiger partial charge in [-0.2, -0.15) is 0 Å². The van der Waals surface area contributed by atoms with Gasteiger partial charge in [-0.05, 0) is 48.2 Å². The van der Waals surface area contributed by atoms with Crippen LogP contribution in [0, 0.1) is 0 Å². The Bertz CT molecular complexity index is 1220. The van der Waals surface area contributed by atoms with Crippen molar-refractivity contribution in [2.24, 2.45) is 0 Å². The Balaban J connectivity index is 1.65. The molecule has 2 unspecified atom stereocenters. The quantitative estimate of drug-likeness (QED) is 0.610. The van der Waals surface area contributed by atoms with Crippen LogP contribution in [-0.2, 0) is 5.79 Å². The molecule has 2 N–H and O–H groups in total. The number of carboxylic acids is 1. The van der Waals surface area contributed by atoms with Crippen molar-refractivity contribution < 1.29 is 24.5 Å². The van der Waals surface area contributed by atoms with E-state index in [0.29, 0.717) is 11.1 Å². The molecule has 2 aliphatic rings. The lowest BCUT2D eigenvalue weighted by atomic mass is 9.93. The number of carboxylic acid groups (broad SMARTS) is 1. The zero-order valence-electron chi connectivity index (χ0n) is 17.1. The van der Waals surface area contributed by atoms with Crippen molar-refractivity contribution >= 4 is 5.97 Å². The van der Waals surface area contributed by atoms with Crippen LogP contribution >= 0.6 is 0 Å². The number of hydrogen-bond donors (Lipinski definition) is 2. The van der Waals surface area contributed by atoms with Gasteiger partial charge >= 0.3 is 11.8 Å². The molecule has 32 heavy (non-hydrogen) atoms. The molecule has 0 fully saturated rings. The molecule has 6 nitrogen and oxygen atoms in total. The van der Waals surface area contributed by atoms with Gasteiger partial charge in [-0.15, -0.1) is 0 Å². The van der Waals surface area contributed by atoms with Gasteiger partial charge in [-0.1, -0.05) is 48.6 Å². The first-order valence-corrected chi connectivity index (χ1v) is 10.4. The molecule has 0 bridgehead atoms. The summed E-state index contributed by atoms with van der Waals surface area (Å²) in [6.45, 7) is 0. The van der Waals surface area contributed by atoms with Gasteiger partial charge in [0.1, 0.15) is 11.7 Å². The van der Waals surface area contributed by atoms with Crippen molar-refractivity contribution in [3.8, 4) is 11.5 Å². The van der Waals surface area contributed by atoms with Crippen molar-refractivity contribution in [3.63, 3.8) is 0 Å². The first-order chi connectivity index (χ1) is 15.6. The predicted octanol–water partition coefficient (Wildman–Crippen LogP) is 4.76. The predicted molar refractivity (Wildman–Crippen MR) is 118 cm³/mol. The second-order valence-electron chi connectivity index (χ2n) is 7.71. The van der Waals surface area contributed by atoms with E-state index in [-0.39, 0.29) is 17.1 Å². The number of aliphatic hydroxyl groups excluding tert-OH is 1. The van der Waals surface area contributed by atoms with E-state index >= 15 is 0 Å². The molecule has 0 radical (unpaired) electrons. The molecule has 0 saturated carbocycles. The Kier molecular flexibility index (Phi) is 4.99. The molecule has 160 valence electrons. The maximum absolute atomic E-state index is 12.1. The molecule has 0 amide bonds. The number of aromatic carboxylic acids is 1. The Morgan fingerprint density at radius 2 is 1.78 bits per heavy atom. The Hall–Kier alpha value is -3.90. The summed E-state index contributed by atoms with van der Waals surface area (Å²) >= 11 is 0. The third-order valence-electron chi connectivity index (χ3n) is 5.67. The van der Waals surface area contributed by atoms with E-state index in [1.807, 2.05) is 48.6 Å². The lowest BCUT2D eigenvalue weighted by Gasteiger charge is -2.30. The molecule has 6 heteroatoms. The monoisotopic (exact) mass is 427 g/mol. The van der Waals surface area contributed by atoms with Gasteiger partial charge in [0.25, 0.3) is 0 Å². The minimum absolute atomic E-state index is 0.0659. The molecule has 0 spiro atoms. The molecule has 2 aromatic carbocycles. The summed E-state index contributed by atoms with van der Waals surface area (Å²) in [4.78, 5) is 16.1. The van der Waals surface area contributed by atoms with E-state index in [4.69, 9.17) is 9.47 Å². The number of pyridine rings is 1. The van der Waals surface area contributed by atoms with Crippen LogP contribution in [0.4, 0.5) is 0 Å². The normalized spacial score (nSPS) is 20.0. The summed E-state index contributed by atoms with van der Waals surface area (Å²) in [5.74, 6) is -2.04. The third-order valence-corrected chi connectivity index (χ3v) is 5.67. The van der Waals surface area contributed by atoms with Gasteiger partial charge in [0.2, 0.25) is 0 Å². The van der Waals surface area contributed by atoms with Gasteiger partial charge in [0.15, 0.2) is 11.5 Å². The highest BCUT2D eigenvalue weighted by molar-refractivity contribution is 5.93. The largest absolute Gasteiger partial charge is 0.478 e. The summed E-state index contributed by atoms with van der Waals surface area (Å²) in [5, 5.41) is 20.8. The molecule has 5 rings (SSSR count). The van der Waals surface area contributed by atoms with Crippen LogP contribution < -0.4 is 9.47 Å². The number of benzene rings is 2. The highest BCUT2D eigenvalue weighted by atomic mass is 16.7. The van der Waals surface area contributed by atoms with E-state index < -0.39 is 17.9 Å². The molecule has 0 saturated heterocycles. The lowest BCUT2D eigenvalue weighted by molar-refractivity contribution is -0.0474. The third kappa shape index (κ3) is 3.35. The van der Waals surface area contributed by atoms with Crippen LogP contribution in [0.2, 0.25) is 0 Å². The summed E-state index contributed by atoms with van der Waals surface area (Å²) in [7, 11) is 0. The summed E-state index contributed by atoms with van der Waals surface area (Å²) < 4.78 is 12.7. The lowest BCUT2D eigenvalue weighted by Crippen LogP contribution is -2.37. The summed E-state index contributed by atoms with van der Waals surface area (Å²) in [6, 6.07) is 15.9. The van der Waals surface area contributed by atoms with Crippen molar-refractivity contribution in [2.45, 2.75) is 24.7 Å². The molecular formula is C26H21NO5. The van der Waals surface area contributed by atoms with Crippen LogP contribution in [-0.4, -0.2) is 21.2 Å². The van der Waals surface area contributed by atoms with Crippen LogP contribution in [0.15, 0.2) is 90.8 Å². The standard InChI is InChI=1S/C26H21NO5/c28-23(17-11-13-27-14-12-17)18-15-21(25(29)30)24-22(16-18)31-26(32-24,19-7-3-1-4-8-19)20-9-5-2-6-10-20/h1,3-5,7-16,23,28H,2,6H2,(H,29,30). The number of hydrogen-bond acceptors (Lipinski definition) is 5. The van der Waals surface area contributed by atoms with E-state index in [9.17, 15) is 15.0 Å². The summed E-state index contributed by atoms with van der Waals surface area (Å²) in [5.41, 5.74) is 2.49. The minimum atomic E-state index is -1.30. The first kappa shape index (κ1) is 20.0. The Morgan fingerprint density at radius 1 is 1.00 bits per heavy atom. The SMILES string of the molecule is O=C(O)c1cc(C(O)c2ccncc2)cc2c1OC(C1=CCCC=C1)(c1ccccc1)O2. The van der Waals surface area contributed by atoms with E-state index in [1.165, 1.54) is 6.07 Å². The molecule has 3 aromatic rings. The second-order valence-corrected chi connectivity index (χ2v) is 7.71. The smallest absolute Gasteiger partial charge is 0.339 e. The van der Waals surface area contributed by atoms with Crippen LogP contribution in [0.1, 0.15) is 46.0 Å². The number of rotatable bonds is 5. The number of carbonyl (C=O) groups is 1. The fourth-order valence-electron chi connectivity index (χ4n) is 4.10. The Morgan fingerprint density at radius 3 is 2.47 bits per heavy atom. The molecule has 1 aromatic heterocycles. The average Bonchev–Trinajstić information content (AvgIpc) is 3.25. The van der Waals surface area contributed by atoms with E-state index in [1.54, 1.807) is 30.6 Å². The number of ether oxygens (including phenoxy) is 2. The Labute approximate surface area is 185 Å². The minimum Gasteiger partial charge on any atom is -0.478 e. The van der Waals surface area contributed by atoms with Crippen LogP contribution in [0.5, 0.6) is 11.5 Å². The highest BCUT2D eigenvalue weighted by Crippen LogP contribution is 2.51. The topological polar surface area (TPSA) is 88.9 Å². The zero-order chi connectivity index (χ0) is 22.1. The summed E-state index contributed by atoms with van der Waals surface area (Å²) in [6.07, 6.45) is 9.92. The number of fused-ring (bicyclic) bond motifs is 1. The van der Waals surface area contributed by atoms with Gasteiger partial charge < -0.3 is 19.7 Å². The first-order valence-electron chi connectivity index (χ1n) is 10.4. The van der Waals surface area contributed by atoms with Crippen molar-refractivity contribution in [3.05, 3.63) is 113 Å². The maximum Gasteiger partial charge on any atom is 0.339 e. The molecule has 2 atom stereocenters. The van der Waals surface area contributed by atoms with Crippen molar-refractivity contribution in [1.82, 2.24) is 4.98 Å². The maximum atomic E-state index is 12.1. The number of aromatic nitrogens is 1. The van der Waals surface area contributed by atoms with Crippen LogP contribution in [0.25, 0.3) is 0 Å². The molecule has 2 heterocycles. The number of aliphatic hydroxyl groups is 1. The highest BCUT2D eigenvalue weighted by Gasteiger charge is 2.48. The fourth-order valence-corrected chi connectivity index (χ4v) is 4.10. The average molecular weight is 427 g/mol. The van der Waals surface area contributed by atoms with Crippen LogP contribution in [0.3, 0.4) is 0 Å². The van der Waals surface area contributed by atoms with Gasteiger partial charge in [0.05, 0.1) is 0 Å². The van der Waals surface area contributed by atoms with Crippen molar-refractivity contribution in [1.29, 1.82) is 0 Å². The fraction of sp³-hybridized carbons (Fsp3) is 0.154. The molecule has 1 aliphatic heterocycles. The van der Waals surface area contributed by atoms with E-state index in [2.05, 4.69) is 4.98 Å². The van der Waals surface area contributed by atoms with Gasteiger partial charge in [-0.3, -0.25) is 4.98 Å². The number of allylic oxidation sites excluding steroid dienone is 2. The van der Waals surface area contributed by atoms with Gasteiger partial charge in [0, 0.05) is 23.5 Å².